The van der Waals surface area contributed by atoms with Gasteiger partial charge in [-0.05, 0) is 29.8 Å². The van der Waals surface area contributed by atoms with Crippen molar-refractivity contribution in [2.75, 3.05) is 0 Å². The number of terminal acetylenes is 1. The first-order valence-electron chi connectivity index (χ1n) is 4.73. The van der Waals surface area contributed by atoms with Crippen molar-refractivity contribution in [2.24, 2.45) is 0 Å². The Bertz CT molecular complexity index is 565. The Labute approximate surface area is 92.5 Å². The van der Waals surface area contributed by atoms with Crippen molar-refractivity contribution in [1.29, 1.82) is 0 Å². The molecule has 0 bridgehead atoms. The van der Waals surface area contributed by atoms with E-state index < -0.39 is 11.6 Å². The lowest BCUT2D eigenvalue weighted by atomic mass is 10.0. The summed E-state index contributed by atoms with van der Waals surface area (Å²) in [5.74, 6) is 1.29. The van der Waals surface area contributed by atoms with Crippen LogP contribution in [0.25, 0.3) is 11.1 Å². The normalized spacial score (nSPS) is 9.81. The zero-order valence-corrected chi connectivity index (χ0v) is 8.37. The minimum atomic E-state index is -0.589. The standard InChI is InChI=1S/C14H8F2/c1-2-10-4-3-5-11(8-10)13-7-6-12(15)9-14(13)16/h1,3-9H. The van der Waals surface area contributed by atoms with Gasteiger partial charge in [-0.15, -0.1) is 6.42 Å². The summed E-state index contributed by atoms with van der Waals surface area (Å²) in [6.07, 6.45) is 5.26. The van der Waals surface area contributed by atoms with Crippen LogP contribution in [-0.4, -0.2) is 0 Å². The average Bonchev–Trinajstić information content (AvgIpc) is 2.29. The Hall–Kier alpha value is -2.14. The lowest BCUT2D eigenvalue weighted by molar-refractivity contribution is 0.585. The lowest BCUT2D eigenvalue weighted by Crippen LogP contribution is -1.86. The molecule has 0 nitrogen and oxygen atoms in total. The van der Waals surface area contributed by atoms with E-state index in [1.807, 2.05) is 0 Å². The van der Waals surface area contributed by atoms with Crippen molar-refractivity contribution >= 4 is 0 Å². The Morgan fingerprint density at radius 1 is 1.00 bits per heavy atom. The molecule has 0 radical (unpaired) electrons. The van der Waals surface area contributed by atoms with Crippen LogP contribution in [-0.2, 0) is 0 Å². The van der Waals surface area contributed by atoms with Gasteiger partial charge in [0.1, 0.15) is 11.6 Å². The van der Waals surface area contributed by atoms with Crippen LogP contribution in [0.5, 0.6) is 0 Å². The predicted molar refractivity (Wildman–Crippen MR) is 59.7 cm³/mol. The van der Waals surface area contributed by atoms with Gasteiger partial charge in [-0.2, -0.15) is 0 Å². The fraction of sp³-hybridized carbons (Fsp3) is 0. The van der Waals surface area contributed by atoms with Crippen LogP contribution < -0.4 is 0 Å². The Kier molecular flexibility index (Phi) is 2.70. The van der Waals surface area contributed by atoms with Gasteiger partial charge in [-0.3, -0.25) is 0 Å². The molecule has 0 aliphatic heterocycles. The molecule has 2 rings (SSSR count). The largest absolute Gasteiger partial charge is 0.207 e. The van der Waals surface area contributed by atoms with Gasteiger partial charge in [0.05, 0.1) is 0 Å². The molecule has 0 heterocycles. The number of hydrogen-bond acceptors (Lipinski definition) is 0. The van der Waals surface area contributed by atoms with Crippen LogP contribution in [0.3, 0.4) is 0 Å². The van der Waals surface area contributed by atoms with Crippen molar-refractivity contribution in [3.8, 4) is 23.5 Å². The van der Waals surface area contributed by atoms with E-state index in [1.165, 1.54) is 12.1 Å². The van der Waals surface area contributed by atoms with Crippen molar-refractivity contribution in [3.05, 3.63) is 59.7 Å². The molecule has 0 N–H and O–H groups in total. The van der Waals surface area contributed by atoms with Gasteiger partial charge in [0.2, 0.25) is 0 Å². The van der Waals surface area contributed by atoms with Crippen LogP contribution in [0, 0.1) is 24.0 Å². The molecule has 0 saturated heterocycles. The van der Waals surface area contributed by atoms with E-state index in [4.69, 9.17) is 6.42 Å². The predicted octanol–water partition coefficient (Wildman–Crippen LogP) is 3.61. The van der Waals surface area contributed by atoms with Gasteiger partial charge in [-0.25, -0.2) is 8.78 Å². The first-order chi connectivity index (χ1) is 7.70. The maximum Gasteiger partial charge on any atom is 0.133 e. The molecule has 0 spiro atoms. The maximum atomic E-state index is 13.5. The van der Waals surface area contributed by atoms with E-state index in [0.717, 1.165) is 6.07 Å². The second-order valence-electron chi connectivity index (χ2n) is 3.35. The van der Waals surface area contributed by atoms with Gasteiger partial charge in [-0.1, -0.05) is 18.1 Å². The fourth-order valence-corrected chi connectivity index (χ4v) is 1.50. The monoisotopic (exact) mass is 214 g/mol. The zero-order chi connectivity index (χ0) is 11.5. The molecule has 0 aromatic heterocycles. The quantitative estimate of drug-likeness (QED) is 0.636. The molecule has 0 saturated carbocycles. The van der Waals surface area contributed by atoms with Gasteiger partial charge < -0.3 is 0 Å². The highest BCUT2D eigenvalue weighted by Crippen LogP contribution is 2.23. The summed E-state index contributed by atoms with van der Waals surface area (Å²) in [6.45, 7) is 0. The van der Waals surface area contributed by atoms with Crippen molar-refractivity contribution in [2.45, 2.75) is 0 Å². The number of halogens is 2. The summed E-state index contributed by atoms with van der Waals surface area (Å²) >= 11 is 0. The maximum absolute atomic E-state index is 13.5. The molecule has 0 atom stereocenters. The Morgan fingerprint density at radius 3 is 2.50 bits per heavy atom. The summed E-state index contributed by atoms with van der Waals surface area (Å²) in [7, 11) is 0. The van der Waals surface area contributed by atoms with Gasteiger partial charge in [0.25, 0.3) is 0 Å². The lowest BCUT2D eigenvalue weighted by Gasteiger charge is -2.04. The molecule has 2 aromatic rings. The van der Waals surface area contributed by atoms with E-state index in [1.54, 1.807) is 24.3 Å². The molecule has 2 heteroatoms. The van der Waals surface area contributed by atoms with Crippen molar-refractivity contribution in [3.63, 3.8) is 0 Å². The van der Waals surface area contributed by atoms with Crippen molar-refractivity contribution in [1.82, 2.24) is 0 Å². The molecular weight excluding hydrogens is 206 g/mol. The zero-order valence-electron chi connectivity index (χ0n) is 8.37. The highest BCUT2D eigenvalue weighted by molar-refractivity contribution is 5.65. The minimum absolute atomic E-state index is 0.346. The first kappa shape index (κ1) is 10.4. The SMILES string of the molecule is C#Cc1cccc(-c2ccc(F)cc2F)c1. The van der Waals surface area contributed by atoms with E-state index >= 15 is 0 Å². The van der Waals surface area contributed by atoms with E-state index in [2.05, 4.69) is 5.92 Å². The van der Waals surface area contributed by atoms with Crippen LogP contribution in [0.1, 0.15) is 5.56 Å². The summed E-state index contributed by atoms with van der Waals surface area (Å²) in [4.78, 5) is 0. The van der Waals surface area contributed by atoms with Crippen LogP contribution in [0.15, 0.2) is 42.5 Å². The second kappa shape index (κ2) is 4.16. The highest BCUT2D eigenvalue weighted by Gasteiger charge is 2.06. The van der Waals surface area contributed by atoms with Gasteiger partial charge in [0.15, 0.2) is 0 Å². The van der Waals surface area contributed by atoms with E-state index in [-0.39, 0.29) is 0 Å². The van der Waals surface area contributed by atoms with Crippen LogP contribution in [0.4, 0.5) is 8.78 Å². The first-order valence-corrected chi connectivity index (χ1v) is 4.73. The molecule has 16 heavy (non-hydrogen) atoms. The molecule has 0 fully saturated rings. The molecule has 0 aliphatic carbocycles. The topological polar surface area (TPSA) is 0 Å². The average molecular weight is 214 g/mol. The molecule has 0 aliphatic rings. The molecule has 2 aromatic carbocycles. The molecular formula is C14H8F2. The number of hydrogen-bond donors (Lipinski definition) is 0. The molecule has 0 amide bonds. The smallest absolute Gasteiger partial charge is 0.133 e. The van der Waals surface area contributed by atoms with Crippen LogP contribution in [0.2, 0.25) is 0 Å². The highest BCUT2D eigenvalue weighted by atomic mass is 19.1. The third kappa shape index (κ3) is 1.94. The third-order valence-corrected chi connectivity index (χ3v) is 2.27. The van der Waals surface area contributed by atoms with E-state index in [9.17, 15) is 8.78 Å². The second-order valence-corrected chi connectivity index (χ2v) is 3.35. The third-order valence-electron chi connectivity index (χ3n) is 2.27. The molecule has 0 unspecified atom stereocenters. The van der Waals surface area contributed by atoms with E-state index in [0.29, 0.717) is 16.7 Å². The van der Waals surface area contributed by atoms with Gasteiger partial charge >= 0.3 is 0 Å². The summed E-state index contributed by atoms with van der Waals surface area (Å²) in [6, 6.07) is 10.4. The summed E-state index contributed by atoms with van der Waals surface area (Å²) in [5.41, 5.74) is 1.66. The van der Waals surface area contributed by atoms with Crippen molar-refractivity contribution < 1.29 is 8.78 Å². The Balaban J connectivity index is 2.55. The van der Waals surface area contributed by atoms with Gasteiger partial charge in [0, 0.05) is 17.2 Å². The Morgan fingerprint density at radius 2 is 1.81 bits per heavy atom. The molecule has 78 valence electrons. The minimum Gasteiger partial charge on any atom is -0.207 e. The summed E-state index contributed by atoms with van der Waals surface area (Å²) in [5, 5.41) is 0. The number of rotatable bonds is 1. The fourth-order valence-electron chi connectivity index (χ4n) is 1.50. The summed E-state index contributed by atoms with van der Waals surface area (Å²) < 4.78 is 26.2. The van der Waals surface area contributed by atoms with Crippen LogP contribution >= 0.6 is 0 Å². The number of benzene rings is 2.